The molecule has 0 N–H and O–H groups in total. The molecule has 134 valence electrons. The minimum Gasteiger partial charge on any atom is -0.311 e. The monoisotopic (exact) mass is 343 g/mol. The van der Waals surface area contributed by atoms with Gasteiger partial charge >= 0.3 is 0 Å². The van der Waals surface area contributed by atoms with Crippen molar-refractivity contribution in [2.24, 2.45) is 0 Å². The Bertz CT molecular complexity index is 773. The van der Waals surface area contributed by atoms with E-state index in [4.69, 9.17) is 0 Å². The molecule has 0 aliphatic rings. The van der Waals surface area contributed by atoms with Gasteiger partial charge in [0.25, 0.3) is 0 Å². The van der Waals surface area contributed by atoms with Crippen LogP contribution in [-0.2, 0) is 0 Å². The van der Waals surface area contributed by atoms with Gasteiger partial charge in [0.15, 0.2) is 0 Å². The van der Waals surface area contributed by atoms with Crippen molar-refractivity contribution in [2.45, 2.75) is 46.5 Å². The van der Waals surface area contributed by atoms with Gasteiger partial charge in [-0.05, 0) is 66.3 Å². The SMILES string of the molecule is Cc1ccc(N(c2ccc(C(C)C)cc2)c2ccc(C(C)C)cc2)cc1. The van der Waals surface area contributed by atoms with Crippen molar-refractivity contribution in [3.63, 3.8) is 0 Å². The number of aryl methyl sites for hydroxylation is 1. The maximum Gasteiger partial charge on any atom is 0.0461 e. The molecule has 0 aliphatic heterocycles. The Labute approximate surface area is 158 Å². The number of anilines is 3. The highest BCUT2D eigenvalue weighted by atomic mass is 15.1. The first-order valence-electron chi connectivity index (χ1n) is 9.52. The van der Waals surface area contributed by atoms with Crippen molar-refractivity contribution in [3.8, 4) is 0 Å². The smallest absolute Gasteiger partial charge is 0.0461 e. The third-order valence-electron chi connectivity index (χ3n) is 4.93. The molecule has 0 aromatic heterocycles. The van der Waals surface area contributed by atoms with E-state index in [1.807, 2.05) is 0 Å². The van der Waals surface area contributed by atoms with E-state index >= 15 is 0 Å². The van der Waals surface area contributed by atoms with Gasteiger partial charge in [-0.2, -0.15) is 0 Å². The normalized spacial score (nSPS) is 11.2. The summed E-state index contributed by atoms with van der Waals surface area (Å²) in [6.45, 7) is 11.1. The van der Waals surface area contributed by atoms with E-state index in [2.05, 4.69) is 112 Å². The predicted octanol–water partition coefficient (Wildman–Crippen LogP) is 7.71. The van der Waals surface area contributed by atoms with E-state index in [0.29, 0.717) is 11.8 Å². The van der Waals surface area contributed by atoms with Crippen molar-refractivity contribution in [1.29, 1.82) is 0 Å². The molecule has 0 saturated heterocycles. The molecular formula is C25H29N. The first kappa shape index (κ1) is 18.3. The maximum atomic E-state index is 2.33. The Hall–Kier alpha value is -2.54. The lowest BCUT2D eigenvalue weighted by Crippen LogP contribution is -2.10. The van der Waals surface area contributed by atoms with Crippen LogP contribution in [0.2, 0.25) is 0 Å². The Morgan fingerprint density at radius 1 is 0.500 bits per heavy atom. The first-order valence-corrected chi connectivity index (χ1v) is 9.52. The Kier molecular flexibility index (Phi) is 5.46. The fourth-order valence-corrected chi connectivity index (χ4v) is 3.16. The molecule has 1 nitrogen and oxygen atoms in total. The quantitative estimate of drug-likeness (QED) is 0.458. The van der Waals surface area contributed by atoms with Crippen LogP contribution in [0, 0.1) is 6.92 Å². The van der Waals surface area contributed by atoms with Crippen LogP contribution in [0.1, 0.15) is 56.2 Å². The van der Waals surface area contributed by atoms with E-state index in [-0.39, 0.29) is 0 Å². The number of benzene rings is 3. The van der Waals surface area contributed by atoms with Crippen LogP contribution >= 0.6 is 0 Å². The highest BCUT2D eigenvalue weighted by Gasteiger charge is 2.13. The van der Waals surface area contributed by atoms with Crippen molar-refractivity contribution in [2.75, 3.05) is 4.90 Å². The Morgan fingerprint density at radius 2 is 0.808 bits per heavy atom. The summed E-state index contributed by atoms with van der Waals surface area (Å²) in [5.74, 6) is 1.09. The molecule has 0 heterocycles. The lowest BCUT2D eigenvalue weighted by molar-refractivity contribution is 0.866. The van der Waals surface area contributed by atoms with Crippen molar-refractivity contribution >= 4 is 17.1 Å². The molecule has 0 saturated carbocycles. The second kappa shape index (κ2) is 7.78. The summed E-state index contributed by atoms with van der Waals surface area (Å²) in [7, 11) is 0. The molecule has 0 unspecified atom stereocenters. The number of nitrogens with zero attached hydrogens (tertiary/aromatic N) is 1. The van der Waals surface area contributed by atoms with E-state index in [1.54, 1.807) is 0 Å². The molecule has 3 rings (SSSR count). The van der Waals surface area contributed by atoms with E-state index < -0.39 is 0 Å². The lowest BCUT2D eigenvalue weighted by atomic mass is 10.0. The van der Waals surface area contributed by atoms with Crippen molar-refractivity contribution in [1.82, 2.24) is 0 Å². The van der Waals surface area contributed by atoms with Gasteiger partial charge in [0.2, 0.25) is 0 Å². The summed E-state index contributed by atoms with van der Waals surface area (Å²) in [6.07, 6.45) is 0. The lowest BCUT2D eigenvalue weighted by Gasteiger charge is -2.26. The molecule has 0 bridgehead atoms. The minimum absolute atomic E-state index is 0.544. The molecule has 0 aliphatic carbocycles. The van der Waals surface area contributed by atoms with Gasteiger partial charge in [-0.25, -0.2) is 0 Å². The molecule has 0 fully saturated rings. The van der Waals surface area contributed by atoms with Crippen LogP contribution in [0.25, 0.3) is 0 Å². The summed E-state index contributed by atoms with van der Waals surface area (Å²) >= 11 is 0. The molecule has 26 heavy (non-hydrogen) atoms. The molecule has 0 radical (unpaired) electrons. The van der Waals surface area contributed by atoms with Gasteiger partial charge < -0.3 is 4.90 Å². The zero-order valence-corrected chi connectivity index (χ0v) is 16.5. The van der Waals surface area contributed by atoms with Crippen LogP contribution in [-0.4, -0.2) is 0 Å². The third-order valence-corrected chi connectivity index (χ3v) is 4.93. The van der Waals surface area contributed by atoms with E-state index in [9.17, 15) is 0 Å². The summed E-state index contributed by atoms with van der Waals surface area (Å²) in [4.78, 5) is 2.33. The number of rotatable bonds is 5. The molecular weight excluding hydrogens is 314 g/mol. The summed E-state index contributed by atoms with van der Waals surface area (Å²) in [5, 5.41) is 0. The molecule has 1 heteroatoms. The van der Waals surface area contributed by atoms with Gasteiger partial charge in [-0.15, -0.1) is 0 Å². The minimum atomic E-state index is 0.544. The fraction of sp³-hybridized carbons (Fsp3) is 0.280. The van der Waals surface area contributed by atoms with Crippen LogP contribution < -0.4 is 4.90 Å². The van der Waals surface area contributed by atoms with Crippen LogP contribution in [0.3, 0.4) is 0 Å². The molecule has 0 atom stereocenters. The Morgan fingerprint density at radius 3 is 1.12 bits per heavy atom. The number of hydrogen-bond acceptors (Lipinski definition) is 1. The second-order valence-corrected chi connectivity index (χ2v) is 7.66. The zero-order valence-electron chi connectivity index (χ0n) is 16.5. The summed E-state index contributed by atoms with van der Waals surface area (Å²) in [6, 6.07) is 26.6. The van der Waals surface area contributed by atoms with Gasteiger partial charge in [0, 0.05) is 17.1 Å². The van der Waals surface area contributed by atoms with Crippen LogP contribution in [0.15, 0.2) is 72.8 Å². The van der Waals surface area contributed by atoms with E-state index in [1.165, 1.54) is 33.8 Å². The summed E-state index contributed by atoms with van der Waals surface area (Å²) in [5.41, 5.74) is 7.58. The van der Waals surface area contributed by atoms with Gasteiger partial charge in [0.1, 0.15) is 0 Å². The van der Waals surface area contributed by atoms with Gasteiger partial charge in [-0.1, -0.05) is 69.7 Å². The molecule has 0 amide bonds. The predicted molar refractivity (Wildman–Crippen MR) is 114 cm³/mol. The number of hydrogen-bond donors (Lipinski definition) is 0. The maximum absolute atomic E-state index is 2.33. The highest BCUT2D eigenvalue weighted by molar-refractivity contribution is 5.76. The topological polar surface area (TPSA) is 3.24 Å². The van der Waals surface area contributed by atoms with Crippen molar-refractivity contribution < 1.29 is 0 Å². The standard InChI is InChI=1S/C25H29N/c1-18(2)21-8-14-24(15-9-21)26(23-12-6-20(5)7-13-23)25-16-10-22(11-17-25)19(3)4/h6-19H,1-5H3. The van der Waals surface area contributed by atoms with Crippen molar-refractivity contribution in [3.05, 3.63) is 89.5 Å². The van der Waals surface area contributed by atoms with Gasteiger partial charge in [0.05, 0.1) is 0 Å². The zero-order chi connectivity index (χ0) is 18.7. The van der Waals surface area contributed by atoms with Crippen LogP contribution in [0.5, 0.6) is 0 Å². The average molecular weight is 344 g/mol. The van der Waals surface area contributed by atoms with Crippen LogP contribution in [0.4, 0.5) is 17.1 Å². The summed E-state index contributed by atoms with van der Waals surface area (Å²) < 4.78 is 0. The highest BCUT2D eigenvalue weighted by Crippen LogP contribution is 2.35. The molecule has 3 aromatic rings. The fourth-order valence-electron chi connectivity index (χ4n) is 3.16. The second-order valence-electron chi connectivity index (χ2n) is 7.66. The molecule has 0 spiro atoms. The largest absolute Gasteiger partial charge is 0.311 e. The average Bonchev–Trinajstić information content (AvgIpc) is 2.64. The third kappa shape index (κ3) is 3.99. The Balaban J connectivity index is 2.05. The van der Waals surface area contributed by atoms with E-state index in [0.717, 1.165) is 0 Å². The molecule has 3 aromatic carbocycles. The van der Waals surface area contributed by atoms with Gasteiger partial charge in [-0.3, -0.25) is 0 Å². The first-order chi connectivity index (χ1) is 12.5.